The van der Waals surface area contributed by atoms with Crippen LogP contribution in [0.4, 0.5) is 5.69 Å². The summed E-state index contributed by atoms with van der Waals surface area (Å²) in [5.41, 5.74) is 3.94. The summed E-state index contributed by atoms with van der Waals surface area (Å²) < 4.78 is 10.2. The van der Waals surface area contributed by atoms with E-state index in [9.17, 15) is 9.59 Å². The van der Waals surface area contributed by atoms with Gasteiger partial charge in [0.2, 0.25) is 0 Å². The van der Waals surface area contributed by atoms with Crippen molar-refractivity contribution >= 4 is 57.1 Å². The SMILES string of the molecule is CCN(CC)c1ccc2cc(/C=N/NC(=S)SCC(=O)OC)c(=O)oc2c1. The van der Waals surface area contributed by atoms with E-state index in [-0.39, 0.29) is 11.7 Å². The first-order valence-corrected chi connectivity index (χ1v) is 9.73. The molecule has 0 saturated carbocycles. The summed E-state index contributed by atoms with van der Waals surface area (Å²) in [7, 11) is 1.31. The normalized spacial score (nSPS) is 10.9. The highest BCUT2D eigenvalue weighted by Gasteiger charge is 2.08. The molecule has 0 fully saturated rings. The van der Waals surface area contributed by atoms with Gasteiger partial charge in [-0.15, -0.1) is 0 Å². The molecule has 0 unspecified atom stereocenters. The maximum atomic E-state index is 12.2. The molecule has 0 atom stereocenters. The van der Waals surface area contributed by atoms with E-state index in [0.717, 1.165) is 35.9 Å². The molecule has 2 rings (SSSR count). The maximum Gasteiger partial charge on any atom is 0.345 e. The summed E-state index contributed by atoms with van der Waals surface area (Å²) in [5, 5.41) is 4.73. The van der Waals surface area contributed by atoms with Crippen LogP contribution in [0.15, 0.2) is 38.6 Å². The lowest BCUT2D eigenvalue weighted by atomic mass is 10.1. The molecule has 1 aromatic heterocycles. The average molecular weight is 408 g/mol. The van der Waals surface area contributed by atoms with Crippen molar-refractivity contribution in [3.05, 3.63) is 40.2 Å². The second kappa shape index (κ2) is 10.1. The monoisotopic (exact) mass is 407 g/mol. The highest BCUT2D eigenvalue weighted by molar-refractivity contribution is 8.23. The Morgan fingerprint density at radius 2 is 2.11 bits per heavy atom. The van der Waals surface area contributed by atoms with Gasteiger partial charge in [-0.25, -0.2) is 4.79 Å². The molecule has 7 nitrogen and oxygen atoms in total. The minimum absolute atomic E-state index is 0.0881. The lowest BCUT2D eigenvalue weighted by molar-refractivity contribution is -0.137. The van der Waals surface area contributed by atoms with Gasteiger partial charge in [-0.1, -0.05) is 24.0 Å². The molecular formula is C18H21N3O4S2. The molecule has 0 aliphatic carbocycles. The third-order valence-electron chi connectivity index (χ3n) is 3.78. The summed E-state index contributed by atoms with van der Waals surface area (Å²) in [6.45, 7) is 5.89. The number of nitrogens with one attached hydrogen (secondary N) is 1. The number of fused-ring (bicyclic) bond motifs is 1. The van der Waals surface area contributed by atoms with Crippen LogP contribution in [0.25, 0.3) is 11.0 Å². The van der Waals surface area contributed by atoms with E-state index in [0.29, 0.717) is 15.5 Å². The number of benzene rings is 1. The van der Waals surface area contributed by atoms with Gasteiger partial charge in [-0.2, -0.15) is 5.10 Å². The summed E-state index contributed by atoms with van der Waals surface area (Å²) in [5.74, 6) is -0.294. The fraction of sp³-hybridized carbons (Fsp3) is 0.333. The molecular weight excluding hydrogens is 386 g/mol. The van der Waals surface area contributed by atoms with Gasteiger partial charge in [0.15, 0.2) is 4.32 Å². The number of esters is 1. The second-order valence-corrected chi connectivity index (χ2v) is 7.06. The Morgan fingerprint density at radius 3 is 2.78 bits per heavy atom. The fourth-order valence-electron chi connectivity index (χ4n) is 2.36. The van der Waals surface area contributed by atoms with E-state index in [2.05, 4.69) is 34.0 Å². The predicted octanol–water partition coefficient (Wildman–Crippen LogP) is 2.75. The van der Waals surface area contributed by atoms with Crippen LogP contribution < -0.4 is 16.0 Å². The first-order valence-electron chi connectivity index (χ1n) is 8.34. The number of methoxy groups -OCH3 is 1. The summed E-state index contributed by atoms with van der Waals surface area (Å²) in [6, 6.07) is 7.48. The predicted molar refractivity (Wildman–Crippen MR) is 114 cm³/mol. The molecule has 0 aliphatic heterocycles. The molecule has 144 valence electrons. The van der Waals surface area contributed by atoms with E-state index < -0.39 is 5.63 Å². The van der Waals surface area contributed by atoms with E-state index >= 15 is 0 Å². The zero-order chi connectivity index (χ0) is 19.8. The van der Waals surface area contributed by atoms with E-state index in [4.69, 9.17) is 16.6 Å². The van der Waals surface area contributed by atoms with Crippen molar-refractivity contribution in [3.8, 4) is 0 Å². The highest BCUT2D eigenvalue weighted by Crippen LogP contribution is 2.21. The van der Waals surface area contributed by atoms with Crippen molar-refractivity contribution in [2.24, 2.45) is 5.10 Å². The molecule has 0 aliphatic rings. The van der Waals surface area contributed by atoms with Gasteiger partial charge in [-0.05, 0) is 32.0 Å². The number of hydrogen-bond donors (Lipinski definition) is 1. The first kappa shape index (κ1) is 20.9. The maximum absolute atomic E-state index is 12.2. The Labute approximate surface area is 166 Å². The van der Waals surface area contributed by atoms with Crippen molar-refractivity contribution < 1.29 is 13.9 Å². The van der Waals surface area contributed by atoms with Crippen LogP contribution in [0, 0.1) is 0 Å². The topological polar surface area (TPSA) is 84.1 Å². The van der Waals surface area contributed by atoms with Crippen LogP contribution >= 0.6 is 24.0 Å². The third-order valence-corrected chi connectivity index (χ3v) is 4.96. The Morgan fingerprint density at radius 1 is 1.37 bits per heavy atom. The lowest BCUT2D eigenvalue weighted by Crippen LogP contribution is -2.21. The number of carbonyl (C=O) groups excluding carboxylic acids is 1. The molecule has 1 aromatic carbocycles. The number of ether oxygens (including phenoxy) is 1. The molecule has 0 spiro atoms. The number of thiocarbonyl (C=S) groups is 1. The van der Waals surface area contributed by atoms with Gasteiger partial charge in [0.05, 0.1) is 24.6 Å². The van der Waals surface area contributed by atoms with Crippen LogP contribution in [0.5, 0.6) is 0 Å². The Balaban J connectivity index is 2.12. The zero-order valence-corrected chi connectivity index (χ0v) is 17.0. The summed E-state index contributed by atoms with van der Waals surface area (Å²) >= 11 is 6.12. The van der Waals surface area contributed by atoms with Gasteiger partial charge >= 0.3 is 11.6 Å². The van der Waals surface area contributed by atoms with Crippen molar-refractivity contribution in [1.29, 1.82) is 0 Å². The van der Waals surface area contributed by atoms with Gasteiger partial charge in [-0.3, -0.25) is 10.2 Å². The zero-order valence-electron chi connectivity index (χ0n) is 15.4. The van der Waals surface area contributed by atoms with Crippen LogP contribution in [0.1, 0.15) is 19.4 Å². The lowest BCUT2D eigenvalue weighted by Gasteiger charge is -2.20. The molecule has 9 heteroatoms. The average Bonchev–Trinajstić information content (AvgIpc) is 2.67. The van der Waals surface area contributed by atoms with Crippen molar-refractivity contribution in [2.75, 3.05) is 30.9 Å². The highest BCUT2D eigenvalue weighted by atomic mass is 32.2. The van der Waals surface area contributed by atoms with Crippen LogP contribution in [0.3, 0.4) is 0 Å². The third kappa shape index (κ3) is 5.80. The Hall–Kier alpha value is -2.39. The van der Waals surface area contributed by atoms with E-state index in [1.165, 1.54) is 13.3 Å². The fourth-order valence-corrected chi connectivity index (χ4v) is 3.08. The number of carbonyl (C=O) groups is 1. The largest absolute Gasteiger partial charge is 0.468 e. The number of anilines is 1. The first-order chi connectivity index (χ1) is 13.0. The summed E-state index contributed by atoms with van der Waals surface area (Å²) in [4.78, 5) is 25.4. The number of nitrogens with zero attached hydrogens (tertiary/aromatic N) is 2. The van der Waals surface area contributed by atoms with Crippen molar-refractivity contribution in [1.82, 2.24) is 5.43 Å². The molecule has 0 saturated heterocycles. The Kier molecular flexibility index (Phi) is 7.81. The molecule has 27 heavy (non-hydrogen) atoms. The van der Waals surface area contributed by atoms with Crippen LogP contribution in [0.2, 0.25) is 0 Å². The number of thioether (sulfide) groups is 1. The van der Waals surface area contributed by atoms with Crippen molar-refractivity contribution in [3.63, 3.8) is 0 Å². The van der Waals surface area contributed by atoms with E-state index in [1.54, 1.807) is 6.07 Å². The van der Waals surface area contributed by atoms with Gasteiger partial charge < -0.3 is 14.1 Å². The minimum Gasteiger partial charge on any atom is -0.468 e. The van der Waals surface area contributed by atoms with Crippen LogP contribution in [-0.4, -0.2) is 42.5 Å². The number of rotatable bonds is 7. The van der Waals surface area contributed by atoms with Gasteiger partial charge in [0, 0.05) is 30.2 Å². The van der Waals surface area contributed by atoms with Crippen molar-refractivity contribution in [2.45, 2.75) is 13.8 Å². The van der Waals surface area contributed by atoms with Gasteiger partial charge in [0.25, 0.3) is 0 Å². The summed E-state index contributed by atoms with van der Waals surface area (Å²) in [6.07, 6.45) is 1.34. The quantitative estimate of drug-likeness (QED) is 0.247. The molecule has 1 N–H and O–H groups in total. The second-order valence-electron chi connectivity index (χ2n) is 5.41. The molecule has 1 heterocycles. The smallest absolute Gasteiger partial charge is 0.345 e. The molecule has 0 bridgehead atoms. The molecule has 2 aromatic rings. The molecule has 0 radical (unpaired) electrons. The van der Waals surface area contributed by atoms with E-state index in [1.807, 2.05) is 18.2 Å². The standard InChI is InChI=1S/C18H21N3O4S2/c1-4-21(5-2)14-7-6-12-8-13(17(23)25-15(12)9-14)10-19-20-18(26)27-11-16(22)24-3/h6-10H,4-5,11H2,1-3H3,(H,20,26)/b19-10+. The minimum atomic E-state index is -0.488. The Bertz CT molecular complexity index is 907. The van der Waals surface area contributed by atoms with Crippen LogP contribution in [-0.2, 0) is 9.53 Å². The molecule has 0 amide bonds. The van der Waals surface area contributed by atoms with Gasteiger partial charge in [0.1, 0.15) is 5.58 Å². The number of hydrogen-bond acceptors (Lipinski definition) is 8. The number of hydrazone groups is 1.